The zero-order valence-corrected chi connectivity index (χ0v) is 10.5. The molecular weight excluding hydrogens is 246 g/mol. The van der Waals surface area contributed by atoms with Gasteiger partial charge in [-0.05, 0) is 18.1 Å². The van der Waals surface area contributed by atoms with E-state index in [0.29, 0.717) is 12.2 Å². The molecule has 6 nitrogen and oxygen atoms in total. The Balaban J connectivity index is 2.28. The summed E-state index contributed by atoms with van der Waals surface area (Å²) in [6, 6.07) is 5.16. The largest absolute Gasteiger partial charge is 0.396 e. The van der Waals surface area contributed by atoms with Gasteiger partial charge in [0.25, 0.3) is 11.5 Å². The number of aromatic nitrogens is 2. The first-order chi connectivity index (χ1) is 9.13. The molecule has 6 heteroatoms. The van der Waals surface area contributed by atoms with Gasteiger partial charge in [0.15, 0.2) is 0 Å². The molecule has 0 spiro atoms. The van der Waals surface area contributed by atoms with Crippen LogP contribution in [-0.2, 0) is 0 Å². The van der Waals surface area contributed by atoms with Gasteiger partial charge in [0.05, 0.1) is 0 Å². The predicted molar refractivity (Wildman–Crippen MR) is 70.0 cm³/mol. The molecule has 0 fully saturated rings. The van der Waals surface area contributed by atoms with Crippen molar-refractivity contribution in [3.8, 4) is 0 Å². The lowest BCUT2D eigenvalue weighted by atomic mass is 10.2. The van der Waals surface area contributed by atoms with Gasteiger partial charge in [0.2, 0.25) is 0 Å². The summed E-state index contributed by atoms with van der Waals surface area (Å²) in [6.45, 7) is 2.09. The second-order valence-electron chi connectivity index (χ2n) is 4.40. The van der Waals surface area contributed by atoms with E-state index in [4.69, 9.17) is 5.11 Å². The lowest BCUT2D eigenvalue weighted by molar-refractivity contribution is 0.0940. The number of carbonyl (C=O) groups excluding carboxylic acids is 1. The van der Waals surface area contributed by atoms with Crippen molar-refractivity contribution in [3.63, 3.8) is 0 Å². The Labute approximate surface area is 109 Å². The number of nitrogens with one attached hydrogen (secondary N) is 1. The highest BCUT2D eigenvalue weighted by molar-refractivity contribution is 5.93. The van der Waals surface area contributed by atoms with E-state index in [1.807, 2.05) is 0 Å². The number of carbonyl (C=O) groups is 1. The highest BCUT2D eigenvalue weighted by Crippen LogP contribution is 1.98. The van der Waals surface area contributed by atoms with Crippen molar-refractivity contribution in [2.75, 3.05) is 13.2 Å². The maximum absolute atomic E-state index is 12.1. The number of fused-ring (bicyclic) bond motifs is 1. The highest BCUT2D eigenvalue weighted by atomic mass is 16.3. The van der Waals surface area contributed by atoms with Crippen LogP contribution >= 0.6 is 0 Å². The molecule has 0 bridgehead atoms. The molecule has 0 radical (unpaired) electrons. The quantitative estimate of drug-likeness (QED) is 0.814. The van der Waals surface area contributed by atoms with Crippen molar-refractivity contribution >= 4 is 11.6 Å². The van der Waals surface area contributed by atoms with Crippen molar-refractivity contribution in [2.24, 2.45) is 5.92 Å². The number of pyridine rings is 1. The number of aliphatic hydroxyl groups is 1. The second kappa shape index (κ2) is 5.62. The summed E-state index contributed by atoms with van der Waals surface area (Å²) in [7, 11) is 0. The van der Waals surface area contributed by atoms with Gasteiger partial charge in [0, 0.05) is 25.5 Å². The average Bonchev–Trinajstić information content (AvgIpc) is 2.45. The molecule has 1 amide bonds. The summed E-state index contributed by atoms with van der Waals surface area (Å²) in [4.78, 5) is 28.0. The fraction of sp³-hybridized carbons (Fsp3) is 0.308. The van der Waals surface area contributed by atoms with Crippen LogP contribution in [0, 0.1) is 5.92 Å². The monoisotopic (exact) mass is 261 g/mol. The molecule has 0 saturated carbocycles. The van der Waals surface area contributed by atoms with E-state index in [2.05, 4.69) is 10.3 Å². The van der Waals surface area contributed by atoms with E-state index < -0.39 is 11.5 Å². The van der Waals surface area contributed by atoms with Crippen molar-refractivity contribution in [1.29, 1.82) is 0 Å². The molecule has 2 aromatic heterocycles. The average molecular weight is 261 g/mol. The molecule has 1 atom stereocenters. The van der Waals surface area contributed by atoms with Crippen LogP contribution < -0.4 is 10.9 Å². The minimum atomic E-state index is -0.476. The maximum atomic E-state index is 12.1. The summed E-state index contributed by atoms with van der Waals surface area (Å²) in [5, 5.41) is 11.5. The molecule has 0 saturated heterocycles. The fourth-order valence-electron chi connectivity index (χ4n) is 1.61. The number of rotatable bonds is 4. The molecular formula is C13H15N3O3. The fourth-order valence-corrected chi connectivity index (χ4v) is 1.61. The molecule has 1 unspecified atom stereocenters. The van der Waals surface area contributed by atoms with Crippen LogP contribution in [-0.4, -0.2) is 33.6 Å². The van der Waals surface area contributed by atoms with Gasteiger partial charge in [-0.3, -0.25) is 14.0 Å². The molecule has 19 heavy (non-hydrogen) atoms. The van der Waals surface area contributed by atoms with Crippen LogP contribution in [0.25, 0.3) is 5.65 Å². The lowest BCUT2D eigenvalue weighted by Crippen LogP contribution is -2.34. The molecule has 0 aliphatic carbocycles. The van der Waals surface area contributed by atoms with Crippen LogP contribution in [0.3, 0.4) is 0 Å². The van der Waals surface area contributed by atoms with Gasteiger partial charge < -0.3 is 10.4 Å². The zero-order chi connectivity index (χ0) is 13.8. The van der Waals surface area contributed by atoms with Crippen LogP contribution in [0.1, 0.15) is 17.3 Å². The van der Waals surface area contributed by atoms with Gasteiger partial charge in [-0.2, -0.15) is 0 Å². The number of aliphatic hydroxyl groups excluding tert-OH is 1. The zero-order valence-electron chi connectivity index (χ0n) is 10.5. The Morgan fingerprint density at radius 1 is 1.53 bits per heavy atom. The Kier molecular flexibility index (Phi) is 3.91. The molecule has 0 aliphatic rings. The summed E-state index contributed by atoms with van der Waals surface area (Å²) in [5.41, 5.74) is 0.0846. The Hall–Kier alpha value is -2.21. The Bertz CT molecular complexity index is 651. The summed E-state index contributed by atoms with van der Waals surface area (Å²) < 4.78 is 1.32. The van der Waals surface area contributed by atoms with Gasteiger partial charge in [-0.15, -0.1) is 0 Å². The first-order valence-corrected chi connectivity index (χ1v) is 5.99. The molecule has 2 heterocycles. The minimum Gasteiger partial charge on any atom is -0.396 e. The van der Waals surface area contributed by atoms with Crippen LogP contribution in [0.2, 0.25) is 0 Å². The third-order valence-corrected chi connectivity index (χ3v) is 2.78. The van der Waals surface area contributed by atoms with Crippen molar-refractivity contribution in [2.45, 2.75) is 6.92 Å². The maximum Gasteiger partial charge on any atom is 0.270 e. The summed E-state index contributed by atoms with van der Waals surface area (Å²) >= 11 is 0. The first kappa shape index (κ1) is 13.2. The molecule has 2 aromatic rings. The number of hydrogen-bond acceptors (Lipinski definition) is 4. The number of nitrogens with zero attached hydrogens (tertiary/aromatic N) is 2. The van der Waals surface area contributed by atoms with E-state index in [1.165, 1.54) is 10.6 Å². The van der Waals surface area contributed by atoms with Gasteiger partial charge in [-0.1, -0.05) is 13.0 Å². The smallest absolute Gasteiger partial charge is 0.270 e. The lowest BCUT2D eigenvalue weighted by Gasteiger charge is -2.09. The van der Waals surface area contributed by atoms with E-state index in [-0.39, 0.29) is 18.1 Å². The molecule has 0 aliphatic heterocycles. The van der Waals surface area contributed by atoms with E-state index >= 15 is 0 Å². The van der Waals surface area contributed by atoms with E-state index in [1.54, 1.807) is 31.3 Å². The summed E-state index contributed by atoms with van der Waals surface area (Å²) in [5.74, 6) is -0.531. The number of amides is 1. The third kappa shape index (κ3) is 2.79. The molecule has 2 N–H and O–H groups in total. The Morgan fingerprint density at radius 3 is 3.05 bits per heavy atom. The third-order valence-electron chi connectivity index (χ3n) is 2.78. The van der Waals surface area contributed by atoms with Crippen molar-refractivity contribution < 1.29 is 9.90 Å². The van der Waals surface area contributed by atoms with Crippen molar-refractivity contribution in [3.05, 3.63) is 46.5 Å². The SMILES string of the molecule is CC(CO)CNC(=O)c1cnc2ccccn2c1=O. The Morgan fingerprint density at radius 2 is 2.32 bits per heavy atom. The second-order valence-corrected chi connectivity index (χ2v) is 4.40. The molecule has 100 valence electrons. The van der Waals surface area contributed by atoms with Gasteiger partial charge in [0.1, 0.15) is 11.2 Å². The minimum absolute atomic E-state index is 0.00570. The van der Waals surface area contributed by atoms with Crippen molar-refractivity contribution in [1.82, 2.24) is 14.7 Å². The van der Waals surface area contributed by atoms with Gasteiger partial charge in [-0.25, -0.2) is 4.98 Å². The van der Waals surface area contributed by atoms with Gasteiger partial charge >= 0.3 is 0 Å². The van der Waals surface area contributed by atoms with E-state index in [9.17, 15) is 9.59 Å². The normalized spacial score (nSPS) is 12.3. The van der Waals surface area contributed by atoms with E-state index in [0.717, 1.165) is 0 Å². The van der Waals surface area contributed by atoms with Crippen LogP contribution in [0.5, 0.6) is 0 Å². The first-order valence-electron chi connectivity index (χ1n) is 5.99. The molecule has 0 aromatic carbocycles. The summed E-state index contributed by atoms with van der Waals surface area (Å²) in [6.07, 6.45) is 2.84. The number of hydrogen-bond donors (Lipinski definition) is 2. The molecule has 2 rings (SSSR count). The van der Waals surface area contributed by atoms with Crippen LogP contribution in [0.4, 0.5) is 0 Å². The standard InChI is InChI=1S/C13H15N3O3/c1-9(8-17)6-15-12(18)10-7-14-11-4-2-3-5-16(11)13(10)19/h2-5,7,9,17H,6,8H2,1H3,(H,15,18). The van der Waals surface area contributed by atoms with Crippen LogP contribution in [0.15, 0.2) is 35.4 Å². The predicted octanol–water partition coefficient (Wildman–Crippen LogP) is 0.0527. The topological polar surface area (TPSA) is 83.7 Å². The highest BCUT2D eigenvalue weighted by Gasteiger charge is 2.13.